The summed E-state index contributed by atoms with van der Waals surface area (Å²) >= 11 is 0. The molecule has 0 unspecified atom stereocenters. The summed E-state index contributed by atoms with van der Waals surface area (Å²) in [5.41, 5.74) is 2.09. The molecule has 0 aromatic carbocycles. The van der Waals surface area contributed by atoms with E-state index in [4.69, 9.17) is 9.15 Å². The van der Waals surface area contributed by atoms with Crippen LogP contribution < -0.4 is 4.74 Å². The minimum Gasteiger partial charge on any atom is -0.482 e. The van der Waals surface area contributed by atoms with Crippen molar-refractivity contribution in [3.8, 4) is 5.75 Å². The highest BCUT2D eigenvalue weighted by Crippen LogP contribution is 2.23. The van der Waals surface area contributed by atoms with Crippen LogP contribution in [0.2, 0.25) is 0 Å². The van der Waals surface area contributed by atoms with Crippen molar-refractivity contribution in [3.05, 3.63) is 35.0 Å². The molecule has 6 heteroatoms. The Balaban J connectivity index is 2.15. The second kappa shape index (κ2) is 5.17. The van der Waals surface area contributed by atoms with Crippen molar-refractivity contribution in [1.82, 2.24) is 9.78 Å². The lowest BCUT2D eigenvalue weighted by Crippen LogP contribution is -2.05. The van der Waals surface area contributed by atoms with Crippen molar-refractivity contribution in [2.24, 2.45) is 7.05 Å². The van der Waals surface area contributed by atoms with E-state index in [2.05, 4.69) is 9.84 Å². The molecule has 102 valence electrons. The van der Waals surface area contributed by atoms with Gasteiger partial charge in [-0.05, 0) is 19.9 Å². The van der Waals surface area contributed by atoms with Crippen molar-refractivity contribution in [2.75, 3.05) is 7.11 Å². The molecule has 0 N–H and O–H groups in total. The van der Waals surface area contributed by atoms with Crippen molar-refractivity contribution >= 4 is 5.97 Å². The minimum atomic E-state index is -0.438. The first-order valence-corrected chi connectivity index (χ1v) is 5.82. The van der Waals surface area contributed by atoms with Gasteiger partial charge in [-0.3, -0.25) is 4.68 Å². The van der Waals surface area contributed by atoms with Crippen LogP contribution in [-0.4, -0.2) is 22.9 Å². The molecular formula is C13H16N2O4. The van der Waals surface area contributed by atoms with E-state index in [1.807, 2.05) is 20.9 Å². The molecule has 6 nitrogen and oxygen atoms in total. The zero-order chi connectivity index (χ0) is 14.0. The van der Waals surface area contributed by atoms with E-state index in [1.165, 1.54) is 13.4 Å². The normalized spacial score (nSPS) is 10.5. The zero-order valence-corrected chi connectivity index (χ0v) is 11.4. The Bertz CT molecular complexity index is 598. The Kier molecular flexibility index (Phi) is 3.59. The Hall–Kier alpha value is -2.24. The molecule has 2 rings (SSSR count). The van der Waals surface area contributed by atoms with Crippen molar-refractivity contribution in [1.29, 1.82) is 0 Å². The number of aromatic nitrogens is 2. The average molecular weight is 264 g/mol. The van der Waals surface area contributed by atoms with E-state index in [0.29, 0.717) is 17.1 Å². The van der Waals surface area contributed by atoms with Gasteiger partial charge in [-0.15, -0.1) is 0 Å². The predicted molar refractivity (Wildman–Crippen MR) is 67.1 cm³/mol. The van der Waals surface area contributed by atoms with Crippen LogP contribution in [0.5, 0.6) is 5.75 Å². The summed E-state index contributed by atoms with van der Waals surface area (Å²) < 4.78 is 17.3. The van der Waals surface area contributed by atoms with E-state index < -0.39 is 5.97 Å². The number of carbonyl (C=O) groups is 1. The standard InChI is InChI=1S/C13H16N2O4/c1-8-12(9(2)15(3)14-8)19-7-11-10(5-6-18-11)13(16)17-4/h5-6H,7H2,1-4H3. The summed E-state index contributed by atoms with van der Waals surface area (Å²) in [4.78, 5) is 11.5. The van der Waals surface area contributed by atoms with Crippen LogP contribution in [0.15, 0.2) is 16.7 Å². The number of furan rings is 1. The van der Waals surface area contributed by atoms with Crippen molar-refractivity contribution < 1.29 is 18.7 Å². The number of rotatable bonds is 4. The van der Waals surface area contributed by atoms with Gasteiger partial charge in [0.2, 0.25) is 0 Å². The second-order valence-corrected chi connectivity index (χ2v) is 4.16. The maximum atomic E-state index is 11.5. The summed E-state index contributed by atoms with van der Waals surface area (Å²) in [6.45, 7) is 3.94. The molecule has 0 aliphatic heterocycles. The summed E-state index contributed by atoms with van der Waals surface area (Å²) in [6, 6.07) is 1.56. The third-order valence-corrected chi connectivity index (χ3v) is 2.94. The molecule has 0 atom stereocenters. The topological polar surface area (TPSA) is 66.5 Å². The van der Waals surface area contributed by atoms with Crippen LogP contribution >= 0.6 is 0 Å². The summed E-state index contributed by atoms with van der Waals surface area (Å²) in [7, 11) is 3.18. The van der Waals surface area contributed by atoms with Gasteiger partial charge in [0.15, 0.2) is 11.5 Å². The van der Waals surface area contributed by atoms with Gasteiger partial charge in [-0.2, -0.15) is 5.10 Å². The average Bonchev–Trinajstić information content (AvgIpc) is 2.94. The van der Waals surface area contributed by atoms with Crippen molar-refractivity contribution in [2.45, 2.75) is 20.5 Å². The monoisotopic (exact) mass is 264 g/mol. The van der Waals surface area contributed by atoms with Crippen LogP contribution in [0.3, 0.4) is 0 Å². The van der Waals surface area contributed by atoms with Gasteiger partial charge in [0.05, 0.1) is 19.1 Å². The number of methoxy groups -OCH3 is 1. The maximum Gasteiger partial charge on any atom is 0.341 e. The molecule has 2 heterocycles. The molecule has 0 bridgehead atoms. The first kappa shape index (κ1) is 13.2. The van der Waals surface area contributed by atoms with Gasteiger partial charge >= 0.3 is 5.97 Å². The second-order valence-electron chi connectivity index (χ2n) is 4.16. The Morgan fingerprint density at radius 2 is 2.21 bits per heavy atom. The number of nitrogens with zero attached hydrogens (tertiary/aromatic N) is 2. The quantitative estimate of drug-likeness (QED) is 0.790. The molecule has 2 aromatic heterocycles. The lowest BCUT2D eigenvalue weighted by molar-refractivity contribution is 0.0595. The maximum absolute atomic E-state index is 11.5. The Morgan fingerprint density at radius 1 is 1.47 bits per heavy atom. The molecule has 0 aliphatic rings. The van der Waals surface area contributed by atoms with Crippen LogP contribution in [0, 0.1) is 13.8 Å². The first-order valence-electron chi connectivity index (χ1n) is 5.82. The van der Waals surface area contributed by atoms with Crippen LogP contribution in [-0.2, 0) is 18.4 Å². The molecule has 2 aromatic rings. The molecule has 19 heavy (non-hydrogen) atoms. The molecule has 0 spiro atoms. The fourth-order valence-corrected chi connectivity index (χ4v) is 1.85. The lowest BCUT2D eigenvalue weighted by atomic mass is 10.2. The Morgan fingerprint density at radius 3 is 2.79 bits per heavy atom. The summed E-state index contributed by atoms with van der Waals surface area (Å²) in [5.74, 6) is 0.705. The van der Waals surface area contributed by atoms with Gasteiger partial charge in [0.25, 0.3) is 0 Å². The van der Waals surface area contributed by atoms with E-state index in [0.717, 1.165) is 11.4 Å². The zero-order valence-electron chi connectivity index (χ0n) is 11.4. The minimum absolute atomic E-state index is 0.158. The van der Waals surface area contributed by atoms with E-state index in [9.17, 15) is 4.79 Å². The van der Waals surface area contributed by atoms with Crippen molar-refractivity contribution in [3.63, 3.8) is 0 Å². The van der Waals surface area contributed by atoms with E-state index >= 15 is 0 Å². The number of ether oxygens (including phenoxy) is 2. The smallest absolute Gasteiger partial charge is 0.341 e. The molecule has 0 radical (unpaired) electrons. The fourth-order valence-electron chi connectivity index (χ4n) is 1.85. The summed E-state index contributed by atoms with van der Waals surface area (Å²) in [5, 5.41) is 4.25. The van der Waals surface area contributed by atoms with E-state index in [-0.39, 0.29) is 6.61 Å². The lowest BCUT2D eigenvalue weighted by Gasteiger charge is -2.06. The summed E-state index contributed by atoms with van der Waals surface area (Å²) in [6.07, 6.45) is 1.44. The highest BCUT2D eigenvalue weighted by atomic mass is 16.5. The molecular weight excluding hydrogens is 248 g/mol. The highest BCUT2D eigenvalue weighted by Gasteiger charge is 2.17. The number of hydrogen-bond acceptors (Lipinski definition) is 5. The molecule has 0 fully saturated rings. The first-order chi connectivity index (χ1) is 9.04. The SMILES string of the molecule is COC(=O)c1ccoc1COc1c(C)nn(C)c1C. The predicted octanol–water partition coefficient (Wildman–Crippen LogP) is 2.00. The fraction of sp³-hybridized carbons (Fsp3) is 0.385. The molecule has 0 amide bonds. The van der Waals surface area contributed by atoms with Gasteiger partial charge < -0.3 is 13.9 Å². The largest absolute Gasteiger partial charge is 0.482 e. The van der Waals surface area contributed by atoms with Crippen LogP contribution in [0.25, 0.3) is 0 Å². The number of carbonyl (C=O) groups excluding carboxylic acids is 1. The van der Waals surface area contributed by atoms with Gasteiger partial charge in [0, 0.05) is 7.05 Å². The van der Waals surface area contributed by atoms with Gasteiger partial charge in [-0.25, -0.2) is 4.79 Å². The number of aryl methyl sites for hydroxylation is 2. The third kappa shape index (κ3) is 2.47. The molecule has 0 saturated carbocycles. The van der Waals surface area contributed by atoms with Gasteiger partial charge in [0.1, 0.15) is 17.9 Å². The van der Waals surface area contributed by atoms with Crippen LogP contribution in [0.4, 0.5) is 0 Å². The highest BCUT2D eigenvalue weighted by molar-refractivity contribution is 5.90. The van der Waals surface area contributed by atoms with Crippen LogP contribution in [0.1, 0.15) is 27.5 Å². The molecule has 0 saturated heterocycles. The number of hydrogen-bond donors (Lipinski definition) is 0. The van der Waals surface area contributed by atoms with Gasteiger partial charge in [-0.1, -0.05) is 0 Å². The molecule has 0 aliphatic carbocycles. The third-order valence-electron chi connectivity index (χ3n) is 2.94. The Labute approximate surface area is 110 Å². The van der Waals surface area contributed by atoms with E-state index in [1.54, 1.807) is 10.7 Å². The number of esters is 1.